The Bertz CT molecular complexity index is 232. The van der Waals surface area contributed by atoms with Gasteiger partial charge in [0.1, 0.15) is 0 Å². The van der Waals surface area contributed by atoms with Crippen molar-refractivity contribution < 1.29 is 4.79 Å². The van der Waals surface area contributed by atoms with Gasteiger partial charge in [0.2, 0.25) is 0 Å². The van der Waals surface area contributed by atoms with Crippen LogP contribution in [0.3, 0.4) is 0 Å². The number of amides is 2. The van der Waals surface area contributed by atoms with Gasteiger partial charge in [0.25, 0.3) is 0 Å². The second-order valence-electron chi connectivity index (χ2n) is 4.66. The van der Waals surface area contributed by atoms with Crippen LogP contribution in [0.4, 0.5) is 4.79 Å². The standard InChI is InChI=1S/C12H23N3O/c1-4-5-13-12(16)15-8-6-14(7-9-15)10-11(2)3/h4,11H,1,5-10H2,2-3H3,(H,13,16). The Morgan fingerprint density at radius 2 is 2.00 bits per heavy atom. The normalized spacial score (nSPS) is 17.6. The smallest absolute Gasteiger partial charge is 0.317 e. The fourth-order valence-electron chi connectivity index (χ4n) is 1.92. The van der Waals surface area contributed by atoms with Crippen LogP contribution in [0.2, 0.25) is 0 Å². The summed E-state index contributed by atoms with van der Waals surface area (Å²) in [5.74, 6) is 0.696. The molecule has 0 aromatic rings. The topological polar surface area (TPSA) is 35.6 Å². The summed E-state index contributed by atoms with van der Waals surface area (Å²) in [6.07, 6.45) is 1.70. The molecule has 0 unspecified atom stereocenters. The lowest BCUT2D eigenvalue weighted by molar-refractivity contribution is 0.132. The Balaban J connectivity index is 2.25. The SMILES string of the molecule is C=CCNC(=O)N1CCN(CC(C)C)CC1. The van der Waals surface area contributed by atoms with Crippen LogP contribution in [-0.4, -0.2) is 55.1 Å². The molecule has 0 atom stereocenters. The van der Waals surface area contributed by atoms with Gasteiger partial charge in [0, 0.05) is 39.3 Å². The van der Waals surface area contributed by atoms with Gasteiger partial charge < -0.3 is 10.2 Å². The van der Waals surface area contributed by atoms with E-state index in [1.54, 1.807) is 6.08 Å². The largest absolute Gasteiger partial charge is 0.335 e. The summed E-state index contributed by atoms with van der Waals surface area (Å²) >= 11 is 0. The predicted octanol–water partition coefficient (Wildman–Crippen LogP) is 1.16. The van der Waals surface area contributed by atoms with Gasteiger partial charge in [-0.15, -0.1) is 6.58 Å². The zero-order valence-electron chi connectivity index (χ0n) is 10.4. The number of carbonyl (C=O) groups is 1. The van der Waals surface area contributed by atoms with Gasteiger partial charge in [-0.2, -0.15) is 0 Å². The van der Waals surface area contributed by atoms with Gasteiger partial charge in [-0.3, -0.25) is 4.90 Å². The summed E-state index contributed by atoms with van der Waals surface area (Å²) in [4.78, 5) is 15.9. The lowest BCUT2D eigenvalue weighted by atomic mass is 10.2. The van der Waals surface area contributed by atoms with Gasteiger partial charge in [0.15, 0.2) is 0 Å². The van der Waals surface area contributed by atoms with E-state index < -0.39 is 0 Å². The molecule has 2 amide bonds. The first-order valence-corrected chi connectivity index (χ1v) is 5.99. The molecule has 1 fully saturated rings. The average Bonchev–Trinajstić information content (AvgIpc) is 2.26. The highest BCUT2D eigenvalue weighted by atomic mass is 16.2. The molecule has 1 rings (SSSR count). The number of hydrogen-bond acceptors (Lipinski definition) is 2. The van der Waals surface area contributed by atoms with E-state index in [4.69, 9.17) is 0 Å². The van der Waals surface area contributed by atoms with Gasteiger partial charge in [-0.05, 0) is 5.92 Å². The van der Waals surface area contributed by atoms with Crippen molar-refractivity contribution in [3.8, 4) is 0 Å². The number of piperazine rings is 1. The van der Waals surface area contributed by atoms with Crippen molar-refractivity contribution in [3.63, 3.8) is 0 Å². The molecule has 1 aliphatic heterocycles. The van der Waals surface area contributed by atoms with Crippen molar-refractivity contribution >= 4 is 6.03 Å². The summed E-state index contributed by atoms with van der Waals surface area (Å²) in [6.45, 7) is 13.3. The molecule has 1 heterocycles. The van der Waals surface area contributed by atoms with E-state index in [0.29, 0.717) is 12.5 Å². The fraction of sp³-hybridized carbons (Fsp3) is 0.750. The quantitative estimate of drug-likeness (QED) is 0.729. The van der Waals surface area contributed by atoms with E-state index in [2.05, 4.69) is 30.6 Å². The molecule has 0 aliphatic carbocycles. The Kier molecular flexibility index (Phi) is 5.32. The summed E-state index contributed by atoms with van der Waals surface area (Å²) in [6, 6.07) is 0.0316. The van der Waals surface area contributed by atoms with E-state index >= 15 is 0 Å². The first kappa shape index (κ1) is 13.0. The van der Waals surface area contributed by atoms with Crippen LogP contribution in [0.1, 0.15) is 13.8 Å². The predicted molar refractivity (Wildman–Crippen MR) is 66.4 cm³/mol. The van der Waals surface area contributed by atoms with E-state index in [0.717, 1.165) is 32.7 Å². The second-order valence-corrected chi connectivity index (χ2v) is 4.66. The number of carbonyl (C=O) groups excluding carboxylic acids is 1. The summed E-state index contributed by atoms with van der Waals surface area (Å²) < 4.78 is 0. The molecule has 4 nitrogen and oxygen atoms in total. The van der Waals surface area contributed by atoms with Crippen LogP contribution in [0, 0.1) is 5.92 Å². The summed E-state index contributed by atoms with van der Waals surface area (Å²) in [7, 11) is 0. The molecular formula is C12H23N3O. The summed E-state index contributed by atoms with van der Waals surface area (Å²) in [5, 5.41) is 2.81. The molecule has 0 aromatic heterocycles. The number of urea groups is 1. The molecule has 92 valence electrons. The molecular weight excluding hydrogens is 202 g/mol. The number of nitrogens with one attached hydrogen (secondary N) is 1. The van der Waals surface area contributed by atoms with Crippen LogP contribution in [0.5, 0.6) is 0 Å². The van der Waals surface area contributed by atoms with E-state index in [9.17, 15) is 4.79 Å². The lowest BCUT2D eigenvalue weighted by Crippen LogP contribution is -2.52. The minimum absolute atomic E-state index is 0.0316. The zero-order valence-corrected chi connectivity index (χ0v) is 10.4. The zero-order chi connectivity index (χ0) is 12.0. The first-order chi connectivity index (χ1) is 7.63. The first-order valence-electron chi connectivity index (χ1n) is 5.99. The van der Waals surface area contributed by atoms with Crippen molar-refractivity contribution in [1.82, 2.24) is 15.1 Å². The number of hydrogen-bond donors (Lipinski definition) is 1. The lowest BCUT2D eigenvalue weighted by Gasteiger charge is -2.35. The molecule has 4 heteroatoms. The maximum atomic E-state index is 11.6. The summed E-state index contributed by atoms with van der Waals surface area (Å²) in [5.41, 5.74) is 0. The monoisotopic (exact) mass is 225 g/mol. The molecule has 16 heavy (non-hydrogen) atoms. The van der Waals surface area contributed by atoms with Crippen LogP contribution in [0.15, 0.2) is 12.7 Å². The molecule has 0 aromatic carbocycles. The molecule has 0 bridgehead atoms. The van der Waals surface area contributed by atoms with Gasteiger partial charge in [-0.25, -0.2) is 4.79 Å². The van der Waals surface area contributed by atoms with Crippen LogP contribution in [-0.2, 0) is 0 Å². The minimum atomic E-state index is 0.0316. The molecule has 0 saturated carbocycles. The third-order valence-corrected chi connectivity index (χ3v) is 2.68. The highest BCUT2D eigenvalue weighted by Gasteiger charge is 2.20. The highest BCUT2D eigenvalue weighted by molar-refractivity contribution is 5.74. The molecule has 1 N–H and O–H groups in total. The van der Waals surface area contributed by atoms with Crippen molar-refractivity contribution in [3.05, 3.63) is 12.7 Å². The second kappa shape index (κ2) is 6.53. The van der Waals surface area contributed by atoms with Gasteiger partial charge in [-0.1, -0.05) is 19.9 Å². The van der Waals surface area contributed by atoms with Crippen LogP contribution >= 0.6 is 0 Å². The molecule has 1 aliphatic rings. The Hall–Kier alpha value is -1.03. The number of nitrogens with zero attached hydrogens (tertiary/aromatic N) is 2. The molecule has 1 saturated heterocycles. The third-order valence-electron chi connectivity index (χ3n) is 2.68. The Morgan fingerprint density at radius 3 is 2.50 bits per heavy atom. The van der Waals surface area contributed by atoms with E-state index in [-0.39, 0.29) is 6.03 Å². The fourth-order valence-corrected chi connectivity index (χ4v) is 1.92. The van der Waals surface area contributed by atoms with E-state index in [1.807, 2.05) is 4.90 Å². The maximum Gasteiger partial charge on any atom is 0.317 e. The minimum Gasteiger partial charge on any atom is -0.335 e. The third kappa shape index (κ3) is 4.23. The highest BCUT2D eigenvalue weighted by Crippen LogP contribution is 2.05. The van der Waals surface area contributed by atoms with Crippen LogP contribution in [0.25, 0.3) is 0 Å². The average molecular weight is 225 g/mol. The van der Waals surface area contributed by atoms with Gasteiger partial charge >= 0.3 is 6.03 Å². The van der Waals surface area contributed by atoms with Crippen LogP contribution < -0.4 is 5.32 Å². The Morgan fingerprint density at radius 1 is 1.38 bits per heavy atom. The molecule has 0 spiro atoms. The van der Waals surface area contributed by atoms with E-state index in [1.165, 1.54) is 0 Å². The van der Waals surface area contributed by atoms with Crippen molar-refractivity contribution in [2.75, 3.05) is 39.3 Å². The number of rotatable bonds is 4. The van der Waals surface area contributed by atoms with Crippen molar-refractivity contribution in [1.29, 1.82) is 0 Å². The van der Waals surface area contributed by atoms with Gasteiger partial charge in [0.05, 0.1) is 0 Å². The van der Waals surface area contributed by atoms with Crippen molar-refractivity contribution in [2.24, 2.45) is 5.92 Å². The molecule has 0 radical (unpaired) electrons. The maximum absolute atomic E-state index is 11.6. The Labute approximate surface area is 98.3 Å². The van der Waals surface area contributed by atoms with Crippen molar-refractivity contribution in [2.45, 2.75) is 13.8 Å².